The Labute approximate surface area is 194 Å². The van der Waals surface area contributed by atoms with E-state index in [2.05, 4.69) is 156 Å². The molecule has 0 N–H and O–H groups in total. The van der Waals surface area contributed by atoms with E-state index < -0.39 is 4.25 Å². The molecule has 0 heterocycles. The molecule has 2 heteroatoms. The topological polar surface area (TPSA) is 0 Å². The number of hydrogen-bond donors (Lipinski definition) is 0. The van der Waals surface area contributed by atoms with E-state index in [1.807, 2.05) is 0 Å². The first kappa shape index (κ1) is 22.7. The van der Waals surface area contributed by atoms with Gasteiger partial charge in [-0.15, -0.1) is 0 Å². The molecule has 0 saturated carbocycles. The van der Waals surface area contributed by atoms with E-state index in [0.29, 0.717) is 0 Å². The molecule has 0 nitrogen and oxygen atoms in total. The second kappa shape index (κ2) is 10.9. The van der Waals surface area contributed by atoms with E-state index in [1.54, 1.807) is 0 Å². The van der Waals surface area contributed by atoms with Crippen molar-refractivity contribution in [2.45, 2.75) is 19.8 Å². The third-order valence-corrected chi connectivity index (χ3v) is 13.2. The molecule has 3 aromatic carbocycles. The summed E-state index contributed by atoms with van der Waals surface area (Å²) in [5.74, 6) is 7.49. The third-order valence-electron chi connectivity index (χ3n) is 5.18. The Kier molecular flexibility index (Phi) is 8.24. The molecule has 0 atom stereocenters. The normalized spacial score (nSPS) is 13.7. The molecule has 0 aliphatic rings. The molecule has 0 fully saturated rings. The molecule has 154 valence electrons. The third kappa shape index (κ3) is 6.79. The first-order valence-corrected chi connectivity index (χ1v) is 16.0. The van der Waals surface area contributed by atoms with Gasteiger partial charge in [-0.1, -0.05) is 0 Å². The molecule has 0 amide bonds. The first-order chi connectivity index (χ1) is 14.6. The molecular formula is C28H30IP. The van der Waals surface area contributed by atoms with Gasteiger partial charge in [0.15, 0.2) is 0 Å². The van der Waals surface area contributed by atoms with Crippen LogP contribution in [-0.2, 0) is 0 Å². The van der Waals surface area contributed by atoms with Gasteiger partial charge in [0.25, 0.3) is 0 Å². The zero-order valence-corrected chi connectivity index (χ0v) is 20.6. The van der Waals surface area contributed by atoms with Gasteiger partial charge in [0.1, 0.15) is 0 Å². The van der Waals surface area contributed by atoms with Crippen LogP contribution in [0.3, 0.4) is 0 Å². The van der Waals surface area contributed by atoms with Gasteiger partial charge >= 0.3 is 196 Å². The number of rotatable bonds is 9. The average Bonchev–Trinajstić information content (AvgIpc) is 2.82. The monoisotopic (exact) mass is 524 g/mol. The number of unbranched alkanes of at least 4 members (excludes halogenated alkanes) is 1. The van der Waals surface area contributed by atoms with Crippen molar-refractivity contribution < 1.29 is 0 Å². The van der Waals surface area contributed by atoms with Gasteiger partial charge in [0, 0.05) is 0 Å². The average molecular weight is 524 g/mol. The minimum atomic E-state index is -2.44. The van der Waals surface area contributed by atoms with Crippen molar-refractivity contribution in [1.29, 1.82) is 0 Å². The Morgan fingerprint density at radius 2 is 0.933 bits per heavy atom. The summed E-state index contributed by atoms with van der Waals surface area (Å²) < 4.78 is -2.44. The molecule has 0 spiro atoms. The summed E-state index contributed by atoms with van der Waals surface area (Å²) in [6.07, 6.45) is 10.5. The van der Waals surface area contributed by atoms with Crippen LogP contribution in [0.4, 0.5) is 0 Å². The fourth-order valence-corrected chi connectivity index (χ4v) is 9.03. The predicted molar refractivity (Wildman–Crippen MR) is 147 cm³/mol. The fourth-order valence-electron chi connectivity index (χ4n) is 3.32. The van der Waals surface area contributed by atoms with Crippen LogP contribution in [0.25, 0.3) is 18.2 Å². The van der Waals surface area contributed by atoms with Crippen molar-refractivity contribution in [3.05, 3.63) is 125 Å². The SMILES string of the molecule is CCCCP(I)(C=Cc1ccccc1)(C=Cc1ccccc1)C=Cc1ccccc1. The van der Waals surface area contributed by atoms with Crippen LogP contribution in [-0.4, -0.2) is 6.16 Å². The standard InChI is InChI=1S/C28H30IP/c1-2-3-22-30(29,23-19-26-13-7-4-8-14-26,24-20-27-15-9-5-10-16-27)25-21-28-17-11-6-12-18-28/h4-21,23-25H,2-3,22H2,1H3. The van der Waals surface area contributed by atoms with Crippen LogP contribution in [0.15, 0.2) is 108 Å². The van der Waals surface area contributed by atoms with Crippen LogP contribution in [0.2, 0.25) is 0 Å². The molecule has 0 saturated heterocycles. The summed E-state index contributed by atoms with van der Waals surface area (Å²) in [6, 6.07) is 31.9. The van der Waals surface area contributed by atoms with Crippen LogP contribution in [0.1, 0.15) is 36.5 Å². The summed E-state index contributed by atoms with van der Waals surface area (Å²) in [5, 5.41) is 0. The van der Waals surface area contributed by atoms with Gasteiger partial charge in [-0.05, 0) is 0 Å². The second-order valence-corrected chi connectivity index (χ2v) is 18.9. The number of benzene rings is 3. The second-order valence-electron chi connectivity index (χ2n) is 7.66. The molecule has 0 aromatic heterocycles. The summed E-state index contributed by atoms with van der Waals surface area (Å²) in [5.41, 5.74) is 3.75. The van der Waals surface area contributed by atoms with Crippen molar-refractivity contribution >= 4 is 44.5 Å². The summed E-state index contributed by atoms with van der Waals surface area (Å²) in [7, 11) is 0. The summed E-state index contributed by atoms with van der Waals surface area (Å²) >= 11 is 2.78. The Hall–Kier alpha value is -1.96. The Bertz CT molecular complexity index is 865. The van der Waals surface area contributed by atoms with Crippen molar-refractivity contribution in [1.82, 2.24) is 0 Å². The van der Waals surface area contributed by atoms with Gasteiger partial charge < -0.3 is 0 Å². The van der Waals surface area contributed by atoms with Crippen molar-refractivity contribution in [2.75, 3.05) is 6.16 Å². The van der Waals surface area contributed by atoms with Gasteiger partial charge in [0.05, 0.1) is 0 Å². The summed E-state index contributed by atoms with van der Waals surface area (Å²) in [6.45, 7) is 2.28. The van der Waals surface area contributed by atoms with E-state index in [1.165, 1.54) is 35.7 Å². The fraction of sp³-hybridized carbons (Fsp3) is 0.143. The molecule has 3 rings (SSSR count). The Morgan fingerprint density at radius 3 is 1.23 bits per heavy atom. The summed E-state index contributed by atoms with van der Waals surface area (Å²) in [4.78, 5) is 0. The van der Waals surface area contributed by atoms with E-state index in [0.717, 1.165) is 0 Å². The van der Waals surface area contributed by atoms with Crippen molar-refractivity contribution in [3.63, 3.8) is 0 Å². The number of hydrogen-bond acceptors (Lipinski definition) is 0. The minimum absolute atomic E-state index is 1.17. The molecule has 0 aliphatic heterocycles. The van der Waals surface area contributed by atoms with Gasteiger partial charge in [-0.3, -0.25) is 0 Å². The van der Waals surface area contributed by atoms with Gasteiger partial charge in [-0.2, -0.15) is 0 Å². The van der Waals surface area contributed by atoms with E-state index in [-0.39, 0.29) is 0 Å². The van der Waals surface area contributed by atoms with Crippen molar-refractivity contribution in [3.8, 4) is 0 Å². The first-order valence-electron chi connectivity index (χ1n) is 10.6. The maximum atomic E-state index is 2.78. The maximum absolute atomic E-state index is 2.78. The van der Waals surface area contributed by atoms with E-state index >= 15 is 0 Å². The van der Waals surface area contributed by atoms with Crippen LogP contribution in [0.5, 0.6) is 0 Å². The molecule has 0 radical (unpaired) electrons. The Morgan fingerprint density at radius 1 is 0.600 bits per heavy atom. The van der Waals surface area contributed by atoms with Crippen LogP contribution in [0, 0.1) is 0 Å². The molecular weight excluding hydrogens is 494 g/mol. The van der Waals surface area contributed by atoms with Gasteiger partial charge in [0.2, 0.25) is 0 Å². The quantitative estimate of drug-likeness (QED) is 0.193. The van der Waals surface area contributed by atoms with Crippen LogP contribution >= 0.6 is 26.3 Å². The predicted octanol–water partition coefficient (Wildman–Crippen LogP) is 9.70. The zero-order valence-electron chi connectivity index (χ0n) is 17.6. The van der Waals surface area contributed by atoms with Gasteiger partial charge in [-0.25, -0.2) is 0 Å². The molecule has 0 unspecified atom stereocenters. The number of halogens is 1. The van der Waals surface area contributed by atoms with Crippen molar-refractivity contribution in [2.24, 2.45) is 0 Å². The molecule has 30 heavy (non-hydrogen) atoms. The molecule has 0 bridgehead atoms. The molecule has 0 aliphatic carbocycles. The van der Waals surface area contributed by atoms with Crippen LogP contribution < -0.4 is 0 Å². The van der Waals surface area contributed by atoms with E-state index in [4.69, 9.17) is 0 Å². The zero-order chi connectivity index (χ0) is 21.1. The molecule has 3 aromatic rings. The Balaban J connectivity index is 2.07. The van der Waals surface area contributed by atoms with E-state index in [9.17, 15) is 0 Å².